The molecule has 0 aliphatic heterocycles. The van der Waals surface area contributed by atoms with E-state index < -0.39 is 40.5 Å². The molecule has 3 aromatic rings. The lowest BCUT2D eigenvalue weighted by molar-refractivity contribution is -0.144. The van der Waals surface area contributed by atoms with Gasteiger partial charge < -0.3 is 30.0 Å². The van der Waals surface area contributed by atoms with E-state index in [1.54, 1.807) is 24.3 Å². The number of amides is 1. The number of anilines is 1. The van der Waals surface area contributed by atoms with Gasteiger partial charge in [-0.05, 0) is 66.1 Å². The zero-order valence-electron chi connectivity index (χ0n) is 22.7. The molecule has 0 atom stereocenters. The highest BCUT2D eigenvalue weighted by molar-refractivity contribution is 7.86. The Bertz CT molecular complexity index is 1660. The first kappa shape index (κ1) is 32.6. The number of esters is 1. The average Bonchev–Trinajstić information content (AvgIpc) is 2.91. The molecule has 0 saturated heterocycles. The van der Waals surface area contributed by atoms with Crippen molar-refractivity contribution >= 4 is 57.2 Å². The minimum Gasteiger partial charge on any atom is -0.480 e. The van der Waals surface area contributed by atoms with Gasteiger partial charge in [-0.25, -0.2) is 9.59 Å². The Morgan fingerprint density at radius 3 is 2.30 bits per heavy atom. The summed E-state index contributed by atoms with van der Waals surface area (Å²) in [6, 6.07) is 16.2. The number of halogens is 1. The Morgan fingerprint density at radius 1 is 1.00 bits per heavy atom. The number of aliphatic carboxylic acids is 1. The first-order chi connectivity index (χ1) is 20.2. The Hall–Kier alpha value is -4.95. The summed E-state index contributed by atoms with van der Waals surface area (Å²) in [6.45, 7) is -0.787. The van der Waals surface area contributed by atoms with E-state index >= 15 is 0 Å². The molecule has 5 N–H and O–H groups in total. The van der Waals surface area contributed by atoms with Crippen LogP contribution in [0.4, 0.5) is 5.69 Å². The first-order valence-electron chi connectivity index (χ1n) is 12.4. The van der Waals surface area contributed by atoms with Crippen LogP contribution in [0.2, 0.25) is 5.02 Å². The summed E-state index contributed by atoms with van der Waals surface area (Å²) in [5, 5.41) is 19.4. The molecule has 1 amide bonds. The fourth-order valence-electron chi connectivity index (χ4n) is 3.80. The summed E-state index contributed by atoms with van der Waals surface area (Å²) in [4.78, 5) is 50.1. The topological polar surface area (TPSA) is 206 Å². The number of rotatable bonds is 12. The maximum atomic E-state index is 13.0. The predicted octanol–water partition coefficient (Wildman–Crippen LogP) is 3.03. The number of carboxylic acid groups (broad SMARTS) is 1. The number of carbonyl (C=O) groups is 4. The number of nitrogens with zero attached hydrogens (tertiary/aromatic N) is 1. The van der Waals surface area contributed by atoms with Gasteiger partial charge in [-0.15, -0.1) is 0 Å². The number of ether oxygens (including phenoxy) is 1. The zero-order valence-corrected chi connectivity index (χ0v) is 24.3. The van der Waals surface area contributed by atoms with E-state index in [0.29, 0.717) is 16.8 Å². The number of aryl methyl sites for hydroxylation is 1. The standard InChI is InChI=1S/C28H27ClN4O9S/c1-43(39,40)42-27(38)20-4-2-3-17(13-20)15-33(16-25(35)36)24(34)12-8-18-7-11-22(14-23(18)29)41-26(37)19-5-9-21(10-6-19)32-28(30)31/h2-7,9-11,13-14H,8,12,15-16H2,1H3,(H,35,36)(H4,30,31,32). The number of hydrogen-bond acceptors (Lipinski definition) is 9. The smallest absolute Gasteiger partial charge is 0.353 e. The van der Waals surface area contributed by atoms with Crippen molar-refractivity contribution in [1.29, 1.82) is 5.41 Å². The van der Waals surface area contributed by atoms with Crippen LogP contribution in [0.25, 0.3) is 0 Å². The molecule has 0 bridgehead atoms. The number of carbonyl (C=O) groups excluding carboxylic acids is 3. The molecular weight excluding hydrogens is 604 g/mol. The largest absolute Gasteiger partial charge is 0.480 e. The second-order valence-electron chi connectivity index (χ2n) is 9.18. The molecule has 3 aromatic carbocycles. The molecule has 0 spiro atoms. The molecule has 0 aromatic heterocycles. The van der Waals surface area contributed by atoms with Gasteiger partial charge in [0.15, 0.2) is 5.96 Å². The molecule has 0 heterocycles. The Balaban J connectivity index is 1.63. The third-order valence-corrected chi connectivity index (χ3v) is 6.49. The van der Waals surface area contributed by atoms with Gasteiger partial charge in [-0.3, -0.25) is 15.0 Å². The summed E-state index contributed by atoms with van der Waals surface area (Å²) in [5.41, 5.74) is 6.90. The predicted molar refractivity (Wildman–Crippen MR) is 156 cm³/mol. The fourth-order valence-corrected chi connectivity index (χ4v) is 4.44. The van der Waals surface area contributed by atoms with Crippen LogP contribution in [0.3, 0.4) is 0 Å². The summed E-state index contributed by atoms with van der Waals surface area (Å²) in [6.07, 6.45) is 0.765. The Kier molecular flexibility index (Phi) is 10.8. The second kappa shape index (κ2) is 14.3. The Labute approximate surface area is 251 Å². The number of guanidine groups is 1. The fraction of sp³-hybridized carbons (Fsp3) is 0.179. The minimum absolute atomic E-state index is 0.0831. The lowest BCUT2D eigenvalue weighted by Crippen LogP contribution is -2.35. The molecule has 0 aliphatic rings. The van der Waals surface area contributed by atoms with Gasteiger partial charge in [0.1, 0.15) is 12.3 Å². The SMILES string of the molecule is CS(=O)(=O)OC(=O)c1cccc(CN(CC(=O)O)C(=O)CCc2ccc(OC(=O)c3ccc(NC(=N)N)cc3)cc2Cl)c1. The molecule has 13 nitrogen and oxygen atoms in total. The van der Waals surface area contributed by atoms with Crippen molar-refractivity contribution < 1.29 is 41.6 Å². The van der Waals surface area contributed by atoms with Crippen molar-refractivity contribution in [1.82, 2.24) is 4.90 Å². The first-order valence-corrected chi connectivity index (χ1v) is 14.6. The van der Waals surface area contributed by atoms with Crippen molar-refractivity contribution in [3.63, 3.8) is 0 Å². The highest BCUT2D eigenvalue weighted by Crippen LogP contribution is 2.25. The summed E-state index contributed by atoms with van der Waals surface area (Å²) in [5.74, 6) is -3.60. The molecule has 0 fully saturated rings. The highest BCUT2D eigenvalue weighted by atomic mass is 35.5. The van der Waals surface area contributed by atoms with E-state index in [2.05, 4.69) is 9.50 Å². The van der Waals surface area contributed by atoms with Crippen molar-refractivity contribution in [2.45, 2.75) is 19.4 Å². The van der Waals surface area contributed by atoms with Gasteiger partial charge in [-0.2, -0.15) is 8.42 Å². The number of benzene rings is 3. The summed E-state index contributed by atoms with van der Waals surface area (Å²) >= 11 is 6.36. The highest BCUT2D eigenvalue weighted by Gasteiger charge is 2.20. The molecule has 0 aliphatic carbocycles. The monoisotopic (exact) mass is 630 g/mol. The van der Waals surface area contributed by atoms with E-state index in [4.69, 9.17) is 27.5 Å². The van der Waals surface area contributed by atoms with Crippen LogP contribution in [-0.2, 0) is 36.9 Å². The minimum atomic E-state index is -4.04. The molecule has 0 saturated carbocycles. The van der Waals surface area contributed by atoms with Crippen molar-refractivity contribution in [3.8, 4) is 5.75 Å². The van der Waals surface area contributed by atoms with E-state index in [-0.39, 0.29) is 47.2 Å². The van der Waals surface area contributed by atoms with Gasteiger partial charge in [0.2, 0.25) is 5.91 Å². The van der Waals surface area contributed by atoms with Crippen LogP contribution in [-0.4, -0.2) is 61.0 Å². The van der Waals surface area contributed by atoms with E-state index in [1.165, 1.54) is 42.5 Å². The van der Waals surface area contributed by atoms with Crippen molar-refractivity contribution in [2.75, 3.05) is 18.1 Å². The van der Waals surface area contributed by atoms with Gasteiger partial charge in [0.25, 0.3) is 0 Å². The van der Waals surface area contributed by atoms with E-state index in [9.17, 15) is 32.7 Å². The molecular formula is C28H27ClN4O9S. The molecule has 3 rings (SSSR count). The van der Waals surface area contributed by atoms with E-state index in [0.717, 1.165) is 11.2 Å². The van der Waals surface area contributed by atoms with Crippen molar-refractivity contribution in [2.24, 2.45) is 5.73 Å². The lowest BCUT2D eigenvalue weighted by atomic mass is 10.1. The maximum absolute atomic E-state index is 13.0. The Morgan fingerprint density at radius 2 is 1.70 bits per heavy atom. The lowest BCUT2D eigenvalue weighted by Gasteiger charge is -2.21. The molecule has 0 unspecified atom stereocenters. The van der Waals surface area contributed by atoms with Gasteiger partial charge >= 0.3 is 28.0 Å². The number of nitrogens with two attached hydrogens (primary N) is 1. The van der Waals surface area contributed by atoms with E-state index in [1.807, 2.05) is 0 Å². The van der Waals surface area contributed by atoms with Crippen LogP contribution in [0, 0.1) is 5.41 Å². The third-order valence-electron chi connectivity index (χ3n) is 5.68. The van der Waals surface area contributed by atoms with Crippen LogP contribution in [0.15, 0.2) is 66.7 Å². The molecule has 226 valence electrons. The van der Waals surface area contributed by atoms with Gasteiger partial charge in [0, 0.05) is 23.7 Å². The second-order valence-corrected chi connectivity index (χ2v) is 11.2. The third kappa shape index (κ3) is 10.4. The van der Waals surface area contributed by atoms with Crippen LogP contribution in [0.1, 0.15) is 38.3 Å². The van der Waals surface area contributed by atoms with Gasteiger partial charge in [-0.1, -0.05) is 29.8 Å². The van der Waals surface area contributed by atoms with Crippen LogP contribution < -0.4 is 15.8 Å². The van der Waals surface area contributed by atoms with Crippen molar-refractivity contribution in [3.05, 3.63) is 94.0 Å². The number of carboxylic acids is 1. The zero-order chi connectivity index (χ0) is 31.7. The molecule has 43 heavy (non-hydrogen) atoms. The number of nitrogens with one attached hydrogen (secondary N) is 2. The van der Waals surface area contributed by atoms with Gasteiger partial charge in [0.05, 0.1) is 17.4 Å². The maximum Gasteiger partial charge on any atom is 0.353 e. The average molecular weight is 631 g/mol. The molecule has 0 radical (unpaired) electrons. The van der Waals surface area contributed by atoms with Crippen LogP contribution in [0.5, 0.6) is 5.75 Å². The van der Waals surface area contributed by atoms with Crippen LogP contribution >= 0.6 is 11.6 Å². The summed E-state index contributed by atoms with van der Waals surface area (Å²) in [7, 11) is -4.04. The molecule has 15 heteroatoms. The quantitative estimate of drug-likeness (QED) is 0.0752. The number of hydrogen-bond donors (Lipinski definition) is 4. The normalized spacial score (nSPS) is 10.8. The summed E-state index contributed by atoms with van der Waals surface area (Å²) < 4.78 is 32.3.